The van der Waals surface area contributed by atoms with E-state index < -0.39 is 16.1 Å². The molecule has 3 rings (SSSR count). The molecule has 0 aliphatic carbocycles. The zero-order valence-electron chi connectivity index (χ0n) is 13.6. The summed E-state index contributed by atoms with van der Waals surface area (Å²) in [6, 6.07) is 5.69. The number of ether oxygens (including phenoxy) is 2. The number of morpholine rings is 1. The predicted octanol–water partition coefficient (Wildman–Crippen LogP) is 1.16. The summed E-state index contributed by atoms with van der Waals surface area (Å²) in [7, 11) is -3.29. The maximum Gasteiger partial charge on any atom is 0.246 e. The quantitative estimate of drug-likeness (QED) is 0.752. The summed E-state index contributed by atoms with van der Waals surface area (Å²) in [5.74, 6) is 0.812. The lowest BCUT2D eigenvalue weighted by molar-refractivity contribution is -0.0176. The van der Waals surface area contributed by atoms with Gasteiger partial charge in [0, 0.05) is 13.1 Å². The van der Waals surface area contributed by atoms with Gasteiger partial charge in [-0.05, 0) is 24.3 Å². The number of aromatic nitrogens is 2. The number of halogens is 1. The van der Waals surface area contributed by atoms with E-state index in [-0.39, 0.29) is 31.5 Å². The lowest BCUT2D eigenvalue weighted by Crippen LogP contribution is -2.41. The molecule has 0 saturated carbocycles. The minimum absolute atomic E-state index is 0.145. The molecule has 8 nitrogen and oxygen atoms in total. The zero-order chi connectivity index (χ0) is 17.9. The van der Waals surface area contributed by atoms with Gasteiger partial charge in [-0.25, -0.2) is 12.8 Å². The van der Waals surface area contributed by atoms with E-state index >= 15 is 0 Å². The van der Waals surface area contributed by atoms with Gasteiger partial charge in [-0.2, -0.15) is 4.31 Å². The summed E-state index contributed by atoms with van der Waals surface area (Å²) in [4.78, 5) is 0. The van der Waals surface area contributed by atoms with Crippen molar-refractivity contribution < 1.29 is 26.7 Å². The van der Waals surface area contributed by atoms with E-state index in [0.717, 1.165) is 6.26 Å². The van der Waals surface area contributed by atoms with Crippen LogP contribution in [0.25, 0.3) is 0 Å². The van der Waals surface area contributed by atoms with Crippen molar-refractivity contribution in [2.24, 2.45) is 0 Å². The number of benzene rings is 1. The first kappa shape index (κ1) is 17.8. The van der Waals surface area contributed by atoms with Gasteiger partial charge in [-0.1, -0.05) is 0 Å². The molecule has 136 valence electrons. The smallest absolute Gasteiger partial charge is 0.246 e. The molecule has 1 aromatic carbocycles. The predicted molar refractivity (Wildman–Crippen MR) is 85.0 cm³/mol. The molecule has 0 amide bonds. The summed E-state index contributed by atoms with van der Waals surface area (Å²) < 4.78 is 53.9. The Kier molecular flexibility index (Phi) is 5.30. The minimum atomic E-state index is -3.29. The number of hydrogen-bond acceptors (Lipinski definition) is 7. The van der Waals surface area contributed by atoms with Crippen LogP contribution in [0.1, 0.15) is 17.9 Å². The van der Waals surface area contributed by atoms with Crippen LogP contribution in [0.4, 0.5) is 4.39 Å². The molecule has 25 heavy (non-hydrogen) atoms. The van der Waals surface area contributed by atoms with Gasteiger partial charge in [-0.15, -0.1) is 10.2 Å². The largest absolute Gasteiger partial charge is 0.493 e. The summed E-state index contributed by atoms with van der Waals surface area (Å²) in [6.07, 6.45) is 0.941. The van der Waals surface area contributed by atoms with Crippen molar-refractivity contribution in [3.05, 3.63) is 41.9 Å². The Balaban J connectivity index is 1.54. The second-order valence-electron chi connectivity index (χ2n) is 5.57. The second kappa shape index (κ2) is 7.46. The fourth-order valence-electron chi connectivity index (χ4n) is 2.36. The van der Waals surface area contributed by atoms with Crippen molar-refractivity contribution in [1.29, 1.82) is 0 Å². The maximum absolute atomic E-state index is 12.8. The van der Waals surface area contributed by atoms with E-state index in [4.69, 9.17) is 13.9 Å². The molecular formula is C15H18FN3O5S. The summed E-state index contributed by atoms with van der Waals surface area (Å²) in [5, 5.41) is 7.84. The topological polar surface area (TPSA) is 94.8 Å². The highest BCUT2D eigenvalue weighted by molar-refractivity contribution is 7.88. The van der Waals surface area contributed by atoms with E-state index in [9.17, 15) is 12.8 Å². The molecule has 1 aliphatic heterocycles. The van der Waals surface area contributed by atoms with Crippen LogP contribution in [-0.4, -0.2) is 55.5 Å². The summed E-state index contributed by atoms with van der Waals surface area (Å²) in [5.41, 5.74) is 0. The zero-order valence-corrected chi connectivity index (χ0v) is 14.4. The SMILES string of the molecule is CS(=O)(=O)N1CCO[C@@H](c2nnc(CCOc3ccc(F)cc3)o2)C1. The lowest BCUT2D eigenvalue weighted by atomic mass is 10.3. The summed E-state index contributed by atoms with van der Waals surface area (Å²) >= 11 is 0. The Morgan fingerprint density at radius 3 is 2.80 bits per heavy atom. The lowest BCUT2D eigenvalue weighted by Gasteiger charge is -2.29. The highest BCUT2D eigenvalue weighted by atomic mass is 32.2. The highest BCUT2D eigenvalue weighted by Crippen LogP contribution is 2.22. The number of hydrogen-bond donors (Lipinski definition) is 0. The van der Waals surface area contributed by atoms with Crippen molar-refractivity contribution in [2.75, 3.05) is 32.6 Å². The van der Waals surface area contributed by atoms with Crippen LogP contribution in [0.5, 0.6) is 5.75 Å². The van der Waals surface area contributed by atoms with Gasteiger partial charge in [0.05, 0.1) is 25.9 Å². The van der Waals surface area contributed by atoms with E-state index in [0.29, 0.717) is 24.6 Å². The molecule has 10 heteroatoms. The highest BCUT2D eigenvalue weighted by Gasteiger charge is 2.30. The van der Waals surface area contributed by atoms with E-state index in [1.54, 1.807) is 0 Å². The Bertz CT molecular complexity index is 809. The maximum atomic E-state index is 12.8. The number of nitrogens with zero attached hydrogens (tertiary/aromatic N) is 3. The van der Waals surface area contributed by atoms with Gasteiger partial charge in [0.1, 0.15) is 17.7 Å². The fraction of sp³-hybridized carbons (Fsp3) is 0.467. The van der Waals surface area contributed by atoms with Crippen LogP contribution in [0, 0.1) is 5.82 Å². The van der Waals surface area contributed by atoms with Crippen LogP contribution >= 0.6 is 0 Å². The Hall–Kier alpha value is -2.04. The molecule has 0 unspecified atom stereocenters. The standard InChI is InChI=1S/C15H18FN3O5S/c1-25(20,21)19-7-9-23-13(10-19)15-18-17-14(24-15)6-8-22-12-4-2-11(16)3-5-12/h2-5,13H,6-10H2,1H3/t13-/m1/s1. The molecule has 0 bridgehead atoms. The molecule has 2 aromatic rings. The molecule has 2 heterocycles. The third-order valence-corrected chi connectivity index (χ3v) is 4.92. The molecule has 1 aliphatic rings. The molecule has 1 saturated heterocycles. The van der Waals surface area contributed by atoms with Crippen LogP contribution in [0.2, 0.25) is 0 Å². The molecule has 0 radical (unpaired) electrons. The molecule has 0 spiro atoms. The third-order valence-electron chi connectivity index (χ3n) is 3.65. The van der Waals surface area contributed by atoms with Crippen molar-refractivity contribution in [3.8, 4) is 5.75 Å². The van der Waals surface area contributed by atoms with Crippen molar-refractivity contribution in [3.63, 3.8) is 0 Å². The third kappa shape index (κ3) is 4.74. The molecule has 1 atom stereocenters. The van der Waals surface area contributed by atoms with Crippen LogP contribution in [-0.2, 0) is 21.2 Å². The van der Waals surface area contributed by atoms with Gasteiger partial charge in [0.15, 0.2) is 0 Å². The van der Waals surface area contributed by atoms with Gasteiger partial charge >= 0.3 is 0 Å². The van der Waals surface area contributed by atoms with Gasteiger partial charge in [-0.3, -0.25) is 0 Å². The van der Waals surface area contributed by atoms with Crippen molar-refractivity contribution in [1.82, 2.24) is 14.5 Å². The van der Waals surface area contributed by atoms with Gasteiger partial charge < -0.3 is 13.9 Å². The van der Waals surface area contributed by atoms with Gasteiger partial charge in [0.25, 0.3) is 0 Å². The normalized spacial score (nSPS) is 19.0. The Morgan fingerprint density at radius 1 is 1.32 bits per heavy atom. The number of rotatable bonds is 6. The fourth-order valence-corrected chi connectivity index (χ4v) is 3.17. The first-order chi connectivity index (χ1) is 11.9. The Labute approximate surface area is 144 Å². The monoisotopic (exact) mass is 371 g/mol. The van der Waals surface area contributed by atoms with Crippen molar-refractivity contribution in [2.45, 2.75) is 12.5 Å². The van der Waals surface area contributed by atoms with Crippen LogP contribution in [0.3, 0.4) is 0 Å². The van der Waals surface area contributed by atoms with Crippen LogP contribution < -0.4 is 4.74 Å². The summed E-state index contributed by atoms with van der Waals surface area (Å²) in [6.45, 7) is 1.01. The molecule has 0 N–H and O–H groups in total. The average Bonchev–Trinajstić information content (AvgIpc) is 3.05. The Morgan fingerprint density at radius 2 is 2.08 bits per heavy atom. The van der Waals surface area contributed by atoms with E-state index in [2.05, 4.69) is 10.2 Å². The van der Waals surface area contributed by atoms with Crippen LogP contribution in [0.15, 0.2) is 28.7 Å². The second-order valence-corrected chi connectivity index (χ2v) is 7.55. The average molecular weight is 371 g/mol. The molecule has 1 fully saturated rings. The van der Waals surface area contributed by atoms with Crippen molar-refractivity contribution >= 4 is 10.0 Å². The molecular weight excluding hydrogens is 353 g/mol. The first-order valence-corrected chi connectivity index (χ1v) is 9.54. The molecule has 1 aromatic heterocycles. The van der Waals surface area contributed by atoms with Gasteiger partial charge in [0.2, 0.25) is 21.8 Å². The van der Waals surface area contributed by atoms with E-state index in [1.807, 2.05) is 0 Å². The van der Waals surface area contributed by atoms with E-state index in [1.165, 1.54) is 28.6 Å². The first-order valence-electron chi connectivity index (χ1n) is 7.69. The number of sulfonamides is 1. The minimum Gasteiger partial charge on any atom is -0.493 e.